The molecule has 1 aliphatic carbocycles. The summed E-state index contributed by atoms with van der Waals surface area (Å²) in [6.45, 7) is 3.15. The fourth-order valence-electron chi connectivity index (χ4n) is 4.19. The number of imidazole rings is 1. The first kappa shape index (κ1) is 17.4. The van der Waals surface area contributed by atoms with Crippen LogP contribution >= 0.6 is 0 Å². The van der Waals surface area contributed by atoms with E-state index in [1.165, 1.54) is 0 Å². The Balaban J connectivity index is 1.36. The number of nitrogens with one attached hydrogen (secondary N) is 1. The Morgan fingerprint density at radius 1 is 1.07 bits per heavy atom. The molecule has 0 radical (unpaired) electrons. The first-order valence-electron chi connectivity index (χ1n) is 10.1. The Labute approximate surface area is 164 Å². The number of morpholine rings is 1. The number of aromatic amines is 1. The van der Waals surface area contributed by atoms with E-state index >= 15 is 0 Å². The molecule has 1 saturated carbocycles. The molecule has 4 heterocycles. The molecule has 146 valence electrons. The van der Waals surface area contributed by atoms with Crippen molar-refractivity contribution in [2.75, 3.05) is 31.2 Å². The minimum absolute atomic E-state index is 0.182. The van der Waals surface area contributed by atoms with E-state index in [1.807, 2.05) is 30.7 Å². The molecule has 2 fully saturated rings. The number of anilines is 1. The average Bonchev–Trinajstić information content (AvgIpc) is 3.30. The summed E-state index contributed by atoms with van der Waals surface area (Å²) >= 11 is 0. The topological polar surface area (TPSA) is 76.2 Å². The summed E-state index contributed by atoms with van der Waals surface area (Å²) in [6.07, 6.45) is 9.92. The molecule has 0 unspecified atom stereocenters. The second-order valence-corrected chi connectivity index (χ2v) is 7.52. The first-order valence-corrected chi connectivity index (χ1v) is 10.1. The van der Waals surface area contributed by atoms with Crippen molar-refractivity contribution in [1.82, 2.24) is 19.9 Å². The summed E-state index contributed by atoms with van der Waals surface area (Å²) in [7, 11) is 0. The van der Waals surface area contributed by atoms with Crippen LogP contribution in [0.3, 0.4) is 0 Å². The Morgan fingerprint density at radius 3 is 2.71 bits per heavy atom. The number of fused-ring (bicyclic) bond motifs is 1. The zero-order chi connectivity index (χ0) is 18.8. The van der Waals surface area contributed by atoms with Gasteiger partial charge in [-0.3, -0.25) is 4.98 Å². The van der Waals surface area contributed by atoms with E-state index in [0.717, 1.165) is 74.5 Å². The molecule has 3 aromatic rings. The predicted molar refractivity (Wildman–Crippen MR) is 107 cm³/mol. The maximum atomic E-state index is 6.43. The SMILES string of the molecule is c1cnc2cc(N3CCOCC3)nc(OC3CCC(c4ncc[nH]4)CC3)c2c1. The van der Waals surface area contributed by atoms with Crippen molar-refractivity contribution >= 4 is 16.7 Å². The molecule has 28 heavy (non-hydrogen) atoms. The summed E-state index contributed by atoms with van der Waals surface area (Å²) < 4.78 is 11.9. The standard InChI is InChI=1S/C21H25N5O2/c1-2-17-18(22-7-1)14-19(26-10-12-27-13-11-26)25-21(17)28-16-5-3-15(4-6-16)20-23-8-9-24-20/h1-2,7-9,14-16H,3-6,10-13H2,(H,23,24). The number of pyridine rings is 2. The van der Waals surface area contributed by atoms with Crippen LogP contribution in [0.1, 0.15) is 37.4 Å². The molecule has 7 nitrogen and oxygen atoms in total. The van der Waals surface area contributed by atoms with Gasteiger partial charge in [0.05, 0.1) is 24.1 Å². The van der Waals surface area contributed by atoms with Crippen LogP contribution in [-0.4, -0.2) is 52.3 Å². The lowest BCUT2D eigenvalue weighted by Gasteiger charge is -2.30. The third kappa shape index (κ3) is 3.54. The zero-order valence-electron chi connectivity index (χ0n) is 15.9. The summed E-state index contributed by atoms with van der Waals surface area (Å²) in [5.41, 5.74) is 0.929. The highest BCUT2D eigenvalue weighted by molar-refractivity contribution is 5.85. The summed E-state index contributed by atoms with van der Waals surface area (Å²) in [5, 5.41) is 0.979. The monoisotopic (exact) mass is 379 g/mol. The minimum Gasteiger partial charge on any atom is -0.474 e. The van der Waals surface area contributed by atoms with E-state index < -0.39 is 0 Å². The smallest absolute Gasteiger partial charge is 0.225 e. The Hall–Kier alpha value is -2.67. The fraction of sp³-hybridized carbons (Fsp3) is 0.476. The predicted octanol–water partition coefficient (Wildman–Crippen LogP) is 3.29. The van der Waals surface area contributed by atoms with Crippen LogP contribution in [0.4, 0.5) is 5.82 Å². The van der Waals surface area contributed by atoms with Crippen molar-refractivity contribution in [1.29, 1.82) is 0 Å². The maximum Gasteiger partial charge on any atom is 0.225 e. The van der Waals surface area contributed by atoms with E-state index in [9.17, 15) is 0 Å². The molecule has 1 aliphatic heterocycles. The van der Waals surface area contributed by atoms with Crippen LogP contribution in [0.15, 0.2) is 36.8 Å². The Morgan fingerprint density at radius 2 is 1.93 bits per heavy atom. The van der Waals surface area contributed by atoms with Crippen molar-refractivity contribution in [3.8, 4) is 5.88 Å². The largest absolute Gasteiger partial charge is 0.474 e. The number of H-pyrrole nitrogens is 1. The summed E-state index contributed by atoms with van der Waals surface area (Å²) in [4.78, 5) is 19.3. The van der Waals surface area contributed by atoms with Gasteiger partial charge in [0.15, 0.2) is 0 Å². The third-order valence-electron chi connectivity index (χ3n) is 5.74. The van der Waals surface area contributed by atoms with Gasteiger partial charge in [-0.25, -0.2) is 4.98 Å². The minimum atomic E-state index is 0.182. The number of hydrogen-bond acceptors (Lipinski definition) is 6. The van der Waals surface area contributed by atoms with Crippen molar-refractivity contribution < 1.29 is 9.47 Å². The van der Waals surface area contributed by atoms with Gasteiger partial charge in [0, 0.05) is 43.7 Å². The van der Waals surface area contributed by atoms with E-state index in [2.05, 4.69) is 25.9 Å². The van der Waals surface area contributed by atoms with Crippen LogP contribution in [-0.2, 0) is 4.74 Å². The van der Waals surface area contributed by atoms with Crippen LogP contribution in [0, 0.1) is 0 Å². The number of rotatable bonds is 4. The normalized spacial score (nSPS) is 23.1. The van der Waals surface area contributed by atoms with Crippen LogP contribution in [0.2, 0.25) is 0 Å². The third-order valence-corrected chi connectivity index (χ3v) is 5.74. The van der Waals surface area contributed by atoms with Gasteiger partial charge < -0.3 is 19.4 Å². The van der Waals surface area contributed by atoms with Crippen molar-refractivity contribution in [3.63, 3.8) is 0 Å². The second kappa shape index (κ2) is 7.75. The van der Waals surface area contributed by atoms with Gasteiger partial charge in [-0.1, -0.05) is 0 Å². The maximum absolute atomic E-state index is 6.43. The van der Waals surface area contributed by atoms with Crippen LogP contribution in [0.5, 0.6) is 5.88 Å². The summed E-state index contributed by atoms with van der Waals surface area (Å²) in [5.74, 6) is 3.23. The van der Waals surface area contributed by atoms with E-state index in [-0.39, 0.29) is 6.10 Å². The van der Waals surface area contributed by atoms with E-state index in [0.29, 0.717) is 11.8 Å². The van der Waals surface area contributed by atoms with Gasteiger partial charge in [0.1, 0.15) is 17.7 Å². The zero-order valence-corrected chi connectivity index (χ0v) is 15.9. The van der Waals surface area contributed by atoms with Gasteiger partial charge in [-0.2, -0.15) is 4.98 Å². The average molecular weight is 379 g/mol. The lowest BCUT2D eigenvalue weighted by Crippen LogP contribution is -2.36. The van der Waals surface area contributed by atoms with Gasteiger partial charge >= 0.3 is 0 Å². The second-order valence-electron chi connectivity index (χ2n) is 7.52. The quantitative estimate of drug-likeness (QED) is 0.750. The van der Waals surface area contributed by atoms with Crippen LogP contribution in [0.25, 0.3) is 10.9 Å². The lowest BCUT2D eigenvalue weighted by atomic mass is 9.87. The highest BCUT2D eigenvalue weighted by atomic mass is 16.5. The lowest BCUT2D eigenvalue weighted by molar-refractivity contribution is 0.121. The molecule has 0 aromatic carbocycles. The molecule has 1 N–H and O–H groups in total. The molecule has 2 aliphatic rings. The highest BCUT2D eigenvalue weighted by Gasteiger charge is 2.26. The molecule has 0 amide bonds. The molecule has 0 bridgehead atoms. The highest BCUT2D eigenvalue weighted by Crippen LogP contribution is 2.35. The van der Waals surface area contributed by atoms with Gasteiger partial charge in [-0.05, 0) is 37.8 Å². The van der Waals surface area contributed by atoms with Gasteiger partial charge in [0.2, 0.25) is 5.88 Å². The first-order chi connectivity index (χ1) is 13.9. The molecule has 1 saturated heterocycles. The Kier molecular flexibility index (Phi) is 4.83. The molecular formula is C21H25N5O2. The van der Waals surface area contributed by atoms with Gasteiger partial charge in [-0.15, -0.1) is 0 Å². The molecular weight excluding hydrogens is 354 g/mol. The number of hydrogen-bond donors (Lipinski definition) is 1. The summed E-state index contributed by atoms with van der Waals surface area (Å²) in [6, 6.07) is 6.04. The van der Waals surface area contributed by atoms with E-state index in [4.69, 9.17) is 14.5 Å². The fourth-order valence-corrected chi connectivity index (χ4v) is 4.19. The van der Waals surface area contributed by atoms with Crippen molar-refractivity contribution in [2.45, 2.75) is 37.7 Å². The van der Waals surface area contributed by atoms with Crippen molar-refractivity contribution in [3.05, 3.63) is 42.6 Å². The van der Waals surface area contributed by atoms with Crippen molar-refractivity contribution in [2.24, 2.45) is 0 Å². The number of aromatic nitrogens is 4. The Bertz CT molecular complexity index is 916. The molecule has 0 spiro atoms. The van der Waals surface area contributed by atoms with Crippen LogP contribution < -0.4 is 9.64 Å². The molecule has 0 atom stereocenters. The van der Waals surface area contributed by atoms with Gasteiger partial charge in [0.25, 0.3) is 0 Å². The molecule has 5 rings (SSSR count). The molecule has 7 heteroatoms. The number of ether oxygens (including phenoxy) is 2. The van der Waals surface area contributed by atoms with E-state index in [1.54, 1.807) is 0 Å². The number of nitrogens with zero attached hydrogens (tertiary/aromatic N) is 4. The molecule has 3 aromatic heterocycles.